The maximum atomic E-state index is 11.7. The second-order valence-electron chi connectivity index (χ2n) is 3.99. The van der Waals surface area contributed by atoms with Gasteiger partial charge in [0.2, 0.25) is 0 Å². The van der Waals surface area contributed by atoms with Gasteiger partial charge in [0, 0.05) is 0 Å². The lowest BCUT2D eigenvalue weighted by atomic mass is 9.84. The van der Waals surface area contributed by atoms with Gasteiger partial charge in [-0.25, -0.2) is 4.79 Å². The number of allylic oxidation sites excluding steroid dienone is 1. The van der Waals surface area contributed by atoms with E-state index in [1.54, 1.807) is 13.8 Å². The molecule has 0 aromatic heterocycles. The second kappa shape index (κ2) is 7.05. The summed E-state index contributed by atoms with van der Waals surface area (Å²) in [5.41, 5.74) is -0.356. The van der Waals surface area contributed by atoms with Crippen molar-refractivity contribution < 1.29 is 9.53 Å². The first-order chi connectivity index (χ1) is 7.52. The van der Waals surface area contributed by atoms with E-state index in [-0.39, 0.29) is 0 Å². The Labute approximate surface area is 98.1 Å². The van der Waals surface area contributed by atoms with Crippen molar-refractivity contribution in [3.8, 4) is 6.07 Å². The molecule has 0 saturated heterocycles. The van der Waals surface area contributed by atoms with Gasteiger partial charge in [0.25, 0.3) is 0 Å². The van der Waals surface area contributed by atoms with Gasteiger partial charge in [-0.15, -0.1) is 0 Å². The first-order valence-corrected chi connectivity index (χ1v) is 5.78. The van der Waals surface area contributed by atoms with Gasteiger partial charge >= 0.3 is 5.97 Å². The third kappa shape index (κ3) is 3.69. The predicted molar refractivity (Wildman–Crippen MR) is 63.6 cm³/mol. The number of nitrogens with zero attached hydrogens (tertiary/aromatic N) is 1. The number of esters is 1. The van der Waals surface area contributed by atoms with E-state index < -0.39 is 11.4 Å². The Hall–Kier alpha value is -1.30. The van der Waals surface area contributed by atoms with Crippen molar-refractivity contribution in [2.45, 2.75) is 47.0 Å². The highest BCUT2D eigenvalue weighted by atomic mass is 16.5. The van der Waals surface area contributed by atoms with Crippen molar-refractivity contribution in [3.63, 3.8) is 0 Å². The van der Waals surface area contributed by atoms with Crippen molar-refractivity contribution in [1.82, 2.24) is 0 Å². The molecule has 0 N–H and O–H groups in total. The summed E-state index contributed by atoms with van der Waals surface area (Å²) in [7, 11) is 0. The zero-order valence-corrected chi connectivity index (χ0v) is 10.7. The smallest absolute Gasteiger partial charge is 0.330 e. The molecule has 0 aromatic carbocycles. The molecule has 0 saturated carbocycles. The summed E-state index contributed by atoms with van der Waals surface area (Å²) in [6, 6.07) is 2.05. The van der Waals surface area contributed by atoms with Crippen LogP contribution in [-0.2, 0) is 9.53 Å². The van der Waals surface area contributed by atoms with Gasteiger partial charge in [-0.3, -0.25) is 0 Å². The third-order valence-corrected chi connectivity index (χ3v) is 2.70. The number of hydrogen-bond donors (Lipinski definition) is 0. The van der Waals surface area contributed by atoms with Gasteiger partial charge in [0.15, 0.2) is 5.41 Å². The largest absolute Gasteiger partial charge is 0.465 e. The fourth-order valence-corrected chi connectivity index (χ4v) is 1.30. The fourth-order valence-electron chi connectivity index (χ4n) is 1.30. The number of nitriles is 1. The van der Waals surface area contributed by atoms with Crippen molar-refractivity contribution in [2.24, 2.45) is 5.41 Å². The summed E-state index contributed by atoms with van der Waals surface area (Å²) in [4.78, 5) is 11.7. The average molecular weight is 223 g/mol. The Kier molecular flexibility index (Phi) is 6.48. The molecule has 0 amide bonds. The Morgan fingerprint density at radius 1 is 1.50 bits per heavy atom. The number of unbranched alkanes of at least 4 members (excludes halogenated alkanes) is 2. The summed E-state index contributed by atoms with van der Waals surface area (Å²) in [5.74, 6) is -0.456. The van der Waals surface area contributed by atoms with Crippen LogP contribution in [0.25, 0.3) is 0 Å². The Balaban J connectivity index is 4.75. The first-order valence-electron chi connectivity index (χ1n) is 5.78. The minimum absolute atomic E-state index is 0.304. The van der Waals surface area contributed by atoms with Crippen LogP contribution in [0.1, 0.15) is 47.0 Å². The molecule has 0 aliphatic heterocycles. The normalized spacial score (nSPS) is 15.1. The molecular weight excluding hydrogens is 202 g/mol. The highest BCUT2D eigenvalue weighted by Gasteiger charge is 2.36. The molecule has 3 nitrogen and oxygen atoms in total. The molecule has 16 heavy (non-hydrogen) atoms. The van der Waals surface area contributed by atoms with Crippen molar-refractivity contribution >= 4 is 5.97 Å². The lowest BCUT2D eigenvalue weighted by molar-refractivity contribution is -0.149. The van der Waals surface area contributed by atoms with E-state index in [9.17, 15) is 4.79 Å². The molecule has 1 atom stereocenters. The van der Waals surface area contributed by atoms with E-state index in [0.29, 0.717) is 6.61 Å². The van der Waals surface area contributed by atoms with Crippen molar-refractivity contribution in [3.05, 3.63) is 11.6 Å². The van der Waals surface area contributed by atoms with E-state index >= 15 is 0 Å². The maximum Gasteiger partial charge on any atom is 0.330 e. The Bertz CT molecular complexity index is 302. The molecular formula is C13H21NO2. The minimum Gasteiger partial charge on any atom is -0.465 e. The molecule has 0 fully saturated rings. The van der Waals surface area contributed by atoms with Crippen LogP contribution in [0.2, 0.25) is 0 Å². The molecule has 0 spiro atoms. The van der Waals surface area contributed by atoms with Crippen molar-refractivity contribution in [1.29, 1.82) is 5.26 Å². The van der Waals surface area contributed by atoms with Gasteiger partial charge < -0.3 is 4.74 Å². The topological polar surface area (TPSA) is 50.1 Å². The van der Waals surface area contributed by atoms with Crippen LogP contribution in [0.15, 0.2) is 11.6 Å². The summed E-state index contributed by atoms with van der Waals surface area (Å²) in [6.07, 6.45) is 5.04. The maximum absolute atomic E-state index is 11.7. The Morgan fingerprint density at radius 2 is 2.12 bits per heavy atom. The minimum atomic E-state index is -1.14. The molecule has 3 heteroatoms. The van der Waals surface area contributed by atoms with Crippen LogP contribution >= 0.6 is 0 Å². The van der Waals surface area contributed by atoms with Gasteiger partial charge in [-0.1, -0.05) is 25.8 Å². The van der Waals surface area contributed by atoms with Gasteiger partial charge in [0.05, 0.1) is 12.7 Å². The number of ether oxygens (including phenoxy) is 1. The number of carbonyl (C=O) groups excluding carboxylic acids is 1. The summed E-state index contributed by atoms with van der Waals surface area (Å²) in [6.45, 7) is 7.58. The highest BCUT2D eigenvalue weighted by molar-refractivity contribution is 5.83. The van der Waals surface area contributed by atoms with E-state index in [2.05, 4.69) is 6.92 Å². The van der Waals surface area contributed by atoms with Gasteiger partial charge in [0.1, 0.15) is 0 Å². The zero-order valence-electron chi connectivity index (χ0n) is 10.7. The van der Waals surface area contributed by atoms with Crippen molar-refractivity contribution in [2.75, 3.05) is 6.61 Å². The van der Waals surface area contributed by atoms with Crippen LogP contribution in [0.3, 0.4) is 0 Å². The van der Waals surface area contributed by atoms with Gasteiger partial charge in [-0.2, -0.15) is 5.26 Å². The first kappa shape index (κ1) is 14.7. The molecule has 0 rings (SSSR count). The molecule has 0 heterocycles. The third-order valence-electron chi connectivity index (χ3n) is 2.70. The van der Waals surface area contributed by atoms with Crippen LogP contribution in [0.5, 0.6) is 0 Å². The molecule has 90 valence electrons. The number of carbonyl (C=O) groups is 1. The summed E-state index contributed by atoms with van der Waals surface area (Å²) >= 11 is 0. The van der Waals surface area contributed by atoms with Crippen LogP contribution < -0.4 is 0 Å². The van der Waals surface area contributed by atoms with E-state index in [4.69, 9.17) is 10.00 Å². The molecule has 0 radical (unpaired) electrons. The molecule has 0 bridgehead atoms. The van der Waals surface area contributed by atoms with E-state index in [0.717, 1.165) is 24.8 Å². The predicted octanol–water partition coefficient (Wildman–Crippen LogP) is 3.22. The SMILES string of the molecule is CCCC/C=C(\C)C(C)(C#N)C(=O)OCC. The summed E-state index contributed by atoms with van der Waals surface area (Å²) < 4.78 is 4.92. The lowest BCUT2D eigenvalue weighted by Crippen LogP contribution is -2.29. The van der Waals surface area contributed by atoms with Crippen LogP contribution in [-0.4, -0.2) is 12.6 Å². The van der Waals surface area contributed by atoms with E-state index in [1.807, 2.05) is 19.1 Å². The number of rotatable bonds is 6. The molecule has 0 aromatic rings. The molecule has 0 aliphatic carbocycles. The van der Waals surface area contributed by atoms with Crippen LogP contribution in [0, 0.1) is 16.7 Å². The monoisotopic (exact) mass is 223 g/mol. The average Bonchev–Trinajstić information content (AvgIpc) is 2.28. The Morgan fingerprint density at radius 3 is 2.56 bits per heavy atom. The number of hydrogen-bond acceptors (Lipinski definition) is 3. The molecule has 0 aliphatic rings. The quantitative estimate of drug-likeness (QED) is 0.394. The zero-order chi connectivity index (χ0) is 12.6. The van der Waals surface area contributed by atoms with E-state index in [1.165, 1.54) is 0 Å². The highest BCUT2D eigenvalue weighted by Crippen LogP contribution is 2.28. The molecule has 1 unspecified atom stereocenters. The summed E-state index contributed by atoms with van der Waals surface area (Å²) in [5, 5.41) is 9.12. The van der Waals surface area contributed by atoms with Gasteiger partial charge in [-0.05, 0) is 32.8 Å². The lowest BCUT2D eigenvalue weighted by Gasteiger charge is -2.20. The van der Waals surface area contributed by atoms with Crippen LogP contribution in [0.4, 0.5) is 0 Å². The second-order valence-corrected chi connectivity index (χ2v) is 3.99. The fraction of sp³-hybridized carbons (Fsp3) is 0.692. The standard InChI is InChI=1S/C13H21NO2/c1-5-7-8-9-11(3)13(4,10-14)12(15)16-6-2/h9H,5-8H2,1-4H3/b11-9+.